The second-order valence-corrected chi connectivity index (χ2v) is 17.5. The first kappa shape index (κ1) is 77.1. The van der Waals surface area contributed by atoms with Crippen molar-refractivity contribution < 1.29 is 172 Å². The first-order valence-corrected chi connectivity index (χ1v) is 23.3. The lowest BCUT2D eigenvalue weighted by Crippen LogP contribution is -2.51. The lowest BCUT2D eigenvalue weighted by Gasteiger charge is -2.37. The normalized spacial score (nSPS) is 20.5. The summed E-state index contributed by atoms with van der Waals surface area (Å²) in [5, 5.41) is 261. The Labute approximate surface area is 433 Å². The molecule has 0 aliphatic rings. The molecule has 0 heterocycles. The Balaban J connectivity index is -0.00000180. The molecule has 0 saturated heterocycles. The van der Waals surface area contributed by atoms with Gasteiger partial charge in [-0.2, -0.15) is 0 Å². The molecule has 28 N–H and O–H groups in total. The van der Waals surface area contributed by atoms with Crippen molar-refractivity contribution in [3.05, 3.63) is 0 Å². The highest BCUT2D eigenvalue weighted by molar-refractivity contribution is 5.75. The largest absolute Gasteiger partial charge is 0.481 e. The summed E-state index contributed by atoms with van der Waals surface area (Å²) >= 11 is 0. The SMILES string of the molecule is O=C(O)CCC[C@](CC(O)[C@@H](O)[C@H](O)[C@H](O)CO)(C[C@@H](O)[C@@H](O)[C@H](O)[C@@H](O)COC(=O)CCCCC(=O)OC[C@@H](O)[C@@H](O)[C@H](O)[C@@H](O)CO)C(=O)O.OC[C@@H](O)[C@@H](O)[C@H](O)[C@@H](O)CO.OC[C@@H](O)[C@@H](O)[C@H](O)[C@@H](O)CO. The van der Waals surface area contributed by atoms with Crippen LogP contribution in [0.5, 0.6) is 0 Å². The van der Waals surface area contributed by atoms with Gasteiger partial charge in [-0.15, -0.1) is 0 Å². The van der Waals surface area contributed by atoms with Crippen molar-refractivity contribution in [2.45, 2.75) is 180 Å². The summed E-state index contributed by atoms with van der Waals surface area (Å²) in [7, 11) is 0. The van der Waals surface area contributed by atoms with Crippen molar-refractivity contribution in [2.75, 3.05) is 52.9 Å². The maximum Gasteiger partial charge on any atom is 0.309 e. The molecule has 0 saturated carbocycles. The van der Waals surface area contributed by atoms with Gasteiger partial charge in [0.1, 0.15) is 123 Å². The number of carbonyl (C=O) groups is 4. The van der Waals surface area contributed by atoms with Crippen LogP contribution >= 0.6 is 0 Å². The summed E-state index contributed by atoms with van der Waals surface area (Å²) in [5.74, 6) is -4.88. The van der Waals surface area contributed by atoms with Gasteiger partial charge in [-0.05, 0) is 38.5 Å². The van der Waals surface area contributed by atoms with Crippen LogP contribution in [0.4, 0.5) is 0 Å². The predicted octanol–water partition coefficient (Wildman–Crippen LogP) is -14.1. The Bertz CT molecular complexity index is 1480. The maximum atomic E-state index is 12.4. The summed E-state index contributed by atoms with van der Waals surface area (Å²) in [6.07, 6.45) is -41.4. The second kappa shape index (κ2) is 40.9. The minimum atomic E-state index is -2.32. The van der Waals surface area contributed by atoms with Gasteiger partial charge in [0.15, 0.2) is 0 Å². The van der Waals surface area contributed by atoms with Crippen LogP contribution in [-0.2, 0) is 28.7 Å². The molecular weight excluding hydrogens is 1050 g/mol. The number of unbranched alkanes of at least 4 members (excludes halogenated alkanes) is 1. The molecule has 0 aliphatic heterocycles. The molecule has 0 aliphatic carbocycles. The van der Waals surface area contributed by atoms with Crippen LogP contribution in [0.2, 0.25) is 0 Å². The lowest BCUT2D eigenvalue weighted by molar-refractivity contribution is -0.168. The van der Waals surface area contributed by atoms with Crippen molar-refractivity contribution in [1.29, 1.82) is 0 Å². The van der Waals surface area contributed by atoms with E-state index in [2.05, 4.69) is 0 Å². The van der Waals surface area contributed by atoms with E-state index >= 15 is 0 Å². The fraction of sp³-hybridized carbons (Fsp3) is 0.905. The zero-order valence-electron chi connectivity index (χ0n) is 41.0. The average molecular weight is 1130 g/mol. The van der Waals surface area contributed by atoms with E-state index in [-0.39, 0.29) is 32.1 Å². The third kappa shape index (κ3) is 29.2. The van der Waals surface area contributed by atoms with Crippen molar-refractivity contribution in [3.8, 4) is 0 Å². The van der Waals surface area contributed by atoms with E-state index in [4.69, 9.17) is 86.1 Å². The number of carbonyl (C=O) groups excluding carboxylic acids is 2. The number of aliphatic carboxylic acids is 2. The highest BCUT2D eigenvalue weighted by Gasteiger charge is 2.47. The van der Waals surface area contributed by atoms with E-state index < -0.39 is 230 Å². The molecule has 34 heteroatoms. The average Bonchev–Trinajstić information content (AvgIpc) is 3.40. The molecule has 0 fully saturated rings. The zero-order valence-corrected chi connectivity index (χ0v) is 41.0. The number of carboxylic acids is 2. The number of carboxylic acid groups (broad SMARTS) is 2. The molecule has 0 radical (unpaired) electrons. The molecule has 0 bridgehead atoms. The Morgan fingerprint density at radius 1 is 0.316 bits per heavy atom. The first-order valence-electron chi connectivity index (χ1n) is 23.3. The van der Waals surface area contributed by atoms with E-state index in [9.17, 15) is 85.6 Å². The van der Waals surface area contributed by atoms with Crippen LogP contribution in [0, 0.1) is 5.41 Å². The minimum Gasteiger partial charge on any atom is -0.481 e. The molecule has 1 unspecified atom stereocenters. The van der Waals surface area contributed by atoms with Gasteiger partial charge in [0.05, 0.1) is 57.3 Å². The topological polar surface area (TPSA) is 653 Å². The molecule has 34 nitrogen and oxygen atoms in total. The number of hydrogen-bond donors (Lipinski definition) is 28. The van der Waals surface area contributed by atoms with Crippen LogP contribution in [-0.4, -0.2) is 342 Å². The van der Waals surface area contributed by atoms with E-state index in [0.29, 0.717) is 0 Å². The molecule has 21 atom stereocenters. The highest BCUT2D eigenvalue weighted by Crippen LogP contribution is 2.38. The van der Waals surface area contributed by atoms with Crippen LogP contribution in [0.25, 0.3) is 0 Å². The van der Waals surface area contributed by atoms with Crippen LogP contribution in [0.1, 0.15) is 57.8 Å². The molecular formula is C42H82O34. The van der Waals surface area contributed by atoms with E-state index in [1.54, 1.807) is 0 Å². The summed E-state index contributed by atoms with van der Waals surface area (Å²) in [4.78, 5) is 47.3. The molecule has 454 valence electrons. The number of rotatable bonds is 39. The lowest BCUT2D eigenvalue weighted by atomic mass is 9.71. The van der Waals surface area contributed by atoms with Crippen LogP contribution in [0.15, 0.2) is 0 Å². The van der Waals surface area contributed by atoms with E-state index in [1.807, 2.05) is 0 Å². The fourth-order valence-electron chi connectivity index (χ4n) is 6.35. The van der Waals surface area contributed by atoms with Crippen molar-refractivity contribution >= 4 is 23.9 Å². The van der Waals surface area contributed by atoms with E-state index in [1.165, 1.54) is 0 Å². The quantitative estimate of drug-likeness (QED) is 0.0201. The third-order valence-electron chi connectivity index (χ3n) is 11.4. The summed E-state index contributed by atoms with van der Waals surface area (Å²) in [6.45, 7) is -6.53. The Hall–Kier alpha value is -3.16. The molecule has 0 spiro atoms. The highest BCUT2D eigenvalue weighted by atomic mass is 16.6. The number of esters is 2. The van der Waals surface area contributed by atoms with Gasteiger partial charge in [0.25, 0.3) is 0 Å². The fourth-order valence-corrected chi connectivity index (χ4v) is 6.35. The molecule has 0 aromatic rings. The van der Waals surface area contributed by atoms with Gasteiger partial charge in [-0.25, -0.2) is 0 Å². The Morgan fingerprint density at radius 2 is 0.539 bits per heavy atom. The number of aliphatic hydroxyl groups excluding tert-OH is 26. The zero-order chi connectivity index (χ0) is 59.8. The maximum absolute atomic E-state index is 12.4. The second-order valence-electron chi connectivity index (χ2n) is 17.5. The number of hydrogen-bond acceptors (Lipinski definition) is 32. The van der Waals surface area contributed by atoms with Crippen molar-refractivity contribution in [3.63, 3.8) is 0 Å². The van der Waals surface area contributed by atoms with Crippen molar-refractivity contribution in [2.24, 2.45) is 5.41 Å². The monoisotopic (exact) mass is 1130 g/mol. The van der Waals surface area contributed by atoms with Gasteiger partial charge < -0.3 is 152 Å². The predicted molar refractivity (Wildman–Crippen MR) is 244 cm³/mol. The number of ether oxygens (including phenoxy) is 2. The Kier molecular flexibility index (Phi) is 41.5. The summed E-state index contributed by atoms with van der Waals surface area (Å²) in [6, 6.07) is 0. The van der Waals surface area contributed by atoms with Gasteiger partial charge in [-0.1, -0.05) is 0 Å². The van der Waals surface area contributed by atoms with Crippen LogP contribution in [0.3, 0.4) is 0 Å². The molecule has 0 aromatic heterocycles. The standard InChI is InChI=1S/C30H54O22.2C6H14O6/c31-10-16(35)25(45)23(43)14(33)8-30(29(49)50,7-3-4-20(39)40)9-15(34)24(44)27(47)18(37)12-51-21(41)5-1-2-6-22(42)52-13-19(38)28(48)26(46)17(36)11-32;2*7-1-3(9)5(11)6(12)4(10)2-8/h14-19,23-28,31-38,43-48H,1-13H2,(H,39,40)(H,49,50);2*3-12H,1-2H2/t14?,15-,16-,17+,18+,19-,23-,24-,25-,26-,27-,28-,30+;2*3-,4+,5-,6-/m111/s1. The summed E-state index contributed by atoms with van der Waals surface area (Å²) in [5.41, 5.74) is -2.32. The molecule has 0 aromatic carbocycles. The Morgan fingerprint density at radius 3 is 0.750 bits per heavy atom. The van der Waals surface area contributed by atoms with Crippen molar-refractivity contribution in [1.82, 2.24) is 0 Å². The third-order valence-corrected chi connectivity index (χ3v) is 11.4. The van der Waals surface area contributed by atoms with Gasteiger partial charge in [-0.3, -0.25) is 19.2 Å². The summed E-state index contributed by atoms with van der Waals surface area (Å²) < 4.78 is 9.54. The van der Waals surface area contributed by atoms with Gasteiger partial charge >= 0.3 is 23.9 Å². The molecule has 0 rings (SSSR count). The minimum absolute atomic E-state index is 0.0379. The number of aliphatic hydroxyl groups is 26. The first-order chi connectivity index (χ1) is 35.2. The van der Waals surface area contributed by atoms with Gasteiger partial charge in [0.2, 0.25) is 0 Å². The molecule has 76 heavy (non-hydrogen) atoms. The van der Waals surface area contributed by atoms with E-state index in [0.717, 1.165) is 0 Å². The smallest absolute Gasteiger partial charge is 0.309 e. The van der Waals surface area contributed by atoms with Crippen LogP contribution < -0.4 is 0 Å². The van der Waals surface area contributed by atoms with Gasteiger partial charge in [0, 0.05) is 19.3 Å². The molecule has 0 amide bonds.